The molecule has 2 N–H and O–H groups in total. The Balaban J connectivity index is 2.20. The van der Waals surface area contributed by atoms with Crippen molar-refractivity contribution in [1.29, 1.82) is 0 Å². The van der Waals surface area contributed by atoms with E-state index in [1.165, 1.54) is 25.3 Å². The van der Waals surface area contributed by atoms with Gasteiger partial charge in [-0.3, -0.25) is 5.32 Å². The Morgan fingerprint density at radius 2 is 2.00 bits per heavy atom. The van der Waals surface area contributed by atoms with Crippen LogP contribution in [0.25, 0.3) is 0 Å². The standard InChI is InChI=1S/C15H15N5O5S/c1-4-9-25-11-7-5-6-8-12(11)26(22,23)20-14(21)18-13-16-10(2)17-15(19-13)24-3/h5-9H,1H2,2-3H3,(H2,16,17,18,19,20,21). The van der Waals surface area contributed by atoms with Crippen LogP contribution in [0.2, 0.25) is 0 Å². The summed E-state index contributed by atoms with van der Waals surface area (Å²) < 4.78 is 36.7. The SMILES string of the molecule is C=C=COc1ccccc1S(=O)(=O)NC(=O)Nc1nc(C)nc(OC)n1. The van der Waals surface area contributed by atoms with Gasteiger partial charge in [0.25, 0.3) is 10.0 Å². The number of sulfonamides is 1. The highest BCUT2D eigenvalue weighted by atomic mass is 32.2. The fraction of sp³-hybridized carbons (Fsp3) is 0.133. The normalized spacial score (nSPS) is 10.4. The minimum absolute atomic E-state index is 0.00150. The van der Waals surface area contributed by atoms with E-state index in [-0.39, 0.29) is 28.4 Å². The predicted molar refractivity (Wildman–Crippen MR) is 91.2 cm³/mol. The van der Waals surface area contributed by atoms with Crippen LogP contribution in [0.4, 0.5) is 10.7 Å². The number of rotatable bonds is 6. The van der Waals surface area contributed by atoms with Crippen molar-refractivity contribution in [2.75, 3.05) is 12.4 Å². The number of para-hydroxylation sites is 1. The number of urea groups is 1. The van der Waals surface area contributed by atoms with E-state index >= 15 is 0 Å². The predicted octanol–water partition coefficient (Wildman–Crippen LogP) is 1.38. The molecule has 2 rings (SSSR count). The second-order valence-electron chi connectivity index (χ2n) is 4.64. The zero-order valence-electron chi connectivity index (χ0n) is 13.9. The number of ether oxygens (including phenoxy) is 2. The van der Waals surface area contributed by atoms with Crippen LogP contribution in [0.5, 0.6) is 11.8 Å². The van der Waals surface area contributed by atoms with Crippen molar-refractivity contribution < 1.29 is 22.7 Å². The summed E-state index contributed by atoms with van der Waals surface area (Å²) in [7, 11) is -2.88. The number of anilines is 1. The van der Waals surface area contributed by atoms with Gasteiger partial charge >= 0.3 is 12.0 Å². The fourth-order valence-corrected chi connectivity index (χ4v) is 2.83. The smallest absolute Gasteiger partial charge is 0.335 e. The van der Waals surface area contributed by atoms with Crippen molar-refractivity contribution in [3.63, 3.8) is 0 Å². The molecule has 2 amide bonds. The van der Waals surface area contributed by atoms with E-state index in [2.05, 4.69) is 32.6 Å². The number of hydrogen-bond donors (Lipinski definition) is 2. The quantitative estimate of drug-likeness (QED) is 0.570. The summed E-state index contributed by atoms with van der Waals surface area (Å²) in [5.74, 6) is 0.118. The first-order valence-corrected chi connectivity index (χ1v) is 8.54. The number of nitrogens with one attached hydrogen (secondary N) is 2. The molecule has 0 radical (unpaired) electrons. The molecule has 10 nitrogen and oxygen atoms in total. The van der Waals surface area contributed by atoms with E-state index in [0.29, 0.717) is 0 Å². The second-order valence-corrected chi connectivity index (χ2v) is 6.29. The third kappa shape index (κ3) is 4.79. The van der Waals surface area contributed by atoms with Crippen molar-refractivity contribution in [2.24, 2.45) is 0 Å². The molecule has 1 aromatic carbocycles. The van der Waals surface area contributed by atoms with E-state index in [4.69, 9.17) is 9.47 Å². The van der Waals surface area contributed by atoms with Crippen LogP contribution >= 0.6 is 0 Å². The van der Waals surface area contributed by atoms with Crippen LogP contribution in [0, 0.1) is 6.92 Å². The Morgan fingerprint density at radius 1 is 1.27 bits per heavy atom. The van der Waals surface area contributed by atoms with Crippen molar-refractivity contribution in [3.8, 4) is 11.8 Å². The van der Waals surface area contributed by atoms with Gasteiger partial charge in [0.1, 0.15) is 22.7 Å². The first-order valence-electron chi connectivity index (χ1n) is 7.06. The molecule has 1 heterocycles. The van der Waals surface area contributed by atoms with Gasteiger partial charge in [0.15, 0.2) is 0 Å². The molecule has 0 spiro atoms. The lowest BCUT2D eigenvalue weighted by atomic mass is 10.3. The summed E-state index contributed by atoms with van der Waals surface area (Å²) in [5, 5.41) is 2.20. The third-order valence-electron chi connectivity index (χ3n) is 2.77. The number of hydrogen-bond acceptors (Lipinski definition) is 8. The minimum Gasteiger partial charge on any atom is -0.467 e. The molecule has 11 heteroatoms. The largest absolute Gasteiger partial charge is 0.467 e. The van der Waals surface area contributed by atoms with Gasteiger partial charge in [-0.25, -0.2) is 17.9 Å². The molecule has 1 aromatic heterocycles. The maximum absolute atomic E-state index is 12.4. The number of methoxy groups -OCH3 is 1. The van der Waals surface area contributed by atoms with Gasteiger partial charge in [-0.15, -0.1) is 0 Å². The molecule has 136 valence electrons. The van der Waals surface area contributed by atoms with Gasteiger partial charge in [0.05, 0.1) is 7.11 Å². The maximum Gasteiger partial charge on any atom is 0.335 e. The summed E-state index contributed by atoms with van der Waals surface area (Å²) in [6.07, 6.45) is 1.09. The second kappa shape index (κ2) is 8.10. The average molecular weight is 377 g/mol. The first kappa shape index (κ1) is 18.9. The number of benzene rings is 1. The summed E-state index contributed by atoms with van der Waals surface area (Å²) in [6, 6.07) is 4.67. The Morgan fingerprint density at radius 3 is 2.69 bits per heavy atom. The molecule has 26 heavy (non-hydrogen) atoms. The van der Waals surface area contributed by atoms with Crippen LogP contribution in [-0.2, 0) is 10.0 Å². The van der Waals surface area contributed by atoms with Gasteiger partial charge in [-0.05, 0) is 19.1 Å². The summed E-state index contributed by atoms with van der Waals surface area (Å²) in [4.78, 5) is 23.3. The highest BCUT2D eigenvalue weighted by Crippen LogP contribution is 2.23. The number of aromatic nitrogens is 3. The number of carbonyl (C=O) groups excluding carboxylic acids is 1. The molecule has 2 aromatic rings. The van der Waals surface area contributed by atoms with Gasteiger partial charge in [0.2, 0.25) is 5.95 Å². The zero-order valence-corrected chi connectivity index (χ0v) is 14.7. The van der Waals surface area contributed by atoms with Crippen molar-refractivity contribution in [1.82, 2.24) is 19.7 Å². The number of aryl methyl sites for hydroxylation is 1. The van der Waals surface area contributed by atoms with Crippen LogP contribution in [-0.4, -0.2) is 36.5 Å². The van der Waals surface area contributed by atoms with E-state index in [0.717, 1.165) is 6.26 Å². The van der Waals surface area contributed by atoms with Gasteiger partial charge in [-0.1, -0.05) is 24.4 Å². The first-order chi connectivity index (χ1) is 12.4. The topological polar surface area (TPSA) is 132 Å². The number of amides is 2. The zero-order chi connectivity index (χ0) is 19.2. The summed E-state index contributed by atoms with van der Waals surface area (Å²) in [5.41, 5.74) is 2.36. The minimum atomic E-state index is -4.22. The van der Waals surface area contributed by atoms with E-state index in [1.807, 2.05) is 4.72 Å². The Bertz CT molecular complexity index is 970. The number of nitrogens with zero attached hydrogens (tertiary/aromatic N) is 3. The van der Waals surface area contributed by atoms with Crippen molar-refractivity contribution in [2.45, 2.75) is 11.8 Å². The molecular weight excluding hydrogens is 362 g/mol. The fourth-order valence-electron chi connectivity index (χ4n) is 1.78. The van der Waals surface area contributed by atoms with Gasteiger partial charge < -0.3 is 9.47 Å². The molecule has 0 atom stereocenters. The van der Waals surface area contributed by atoms with Gasteiger partial charge in [0, 0.05) is 0 Å². The molecule has 0 aliphatic heterocycles. The lowest BCUT2D eigenvalue weighted by molar-refractivity contribution is 0.256. The van der Waals surface area contributed by atoms with Crippen LogP contribution in [0.15, 0.2) is 47.7 Å². The Labute approximate surface area is 149 Å². The lowest BCUT2D eigenvalue weighted by Crippen LogP contribution is -2.35. The van der Waals surface area contributed by atoms with E-state index in [1.54, 1.807) is 13.0 Å². The summed E-state index contributed by atoms with van der Waals surface area (Å²) >= 11 is 0. The lowest BCUT2D eigenvalue weighted by Gasteiger charge is -2.11. The molecule has 0 aliphatic carbocycles. The molecule has 0 aliphatic rings. The average Bonchev–Trinajstić information content (AvgIpc) is 2.59. The van der Waals surface area contributed by atoms with Crippen LogP contribution in [0.1, 0.15) is 5.82 Å². The van der Waals surface area contributed by atoms with Gasteiger partial charge in [-0.2, -0.15) is 15.0 Å². The molecule has 0 bridgehead atoms. The maximum atomic E-state index is 12.4. The summed E-state index contributed by atoms with van der Waals surface area (Å²) in [6.45, 7) is 4.88. The molecular formula is C15H15N5O5S. The van der Waals surface area contributed by atoms with E-state index in [9.17, 15) is 13.2 Å². The van der Waals surface area contributed by atoms with Crippen molar-refractivity contribution >= 4 is 22.0 Å². The Hall–Kier alpha value is -3.43. The molecule has 0 saturated heterocycles. The van der Waals surface area contributed by atoms with E-state index < -0.39 is 16.1 Å². The monoisotopic (exact) mass is 377 g/mol. The Kier molecular flexibility index (Phi) is 5.89. The molecule has 0 unspecified atom stereocenters. The highest BCUT2D eigenvalue weighted by molar-refractivity contribution is 7.90. The van der Waals surface area contributed by atoms with Crippen LogP contribution in [0.3, 0.4) is 0 Å². The molecule has 0 fully saturated rings. The molecule has 0 saturated carbocycles. The van der Waals surface area contributed by atoms with Crippen molar-refractivity contribution in [3.05, 3.63) is 48.7 Å². The van der Waals surface area contributed by atoms with Crippen LogP contribution < -0.4 is 19.5 Å². The highest BCUT2D eigenvalue weighted by Gasteiger charge is 2.22. The third-order valence-corrected chi connectivity index (χ3v) is 4.14. The number of carbonyl (C=O) groups is 1.